The molecule has 1 amide bonds. The second kappa shape index (κ2) is 14.0. The summed E-state index contributed by atoms with van der Waals surface area (Å²) in [6, 6.07) is 0. The molecule has 0 aromatic carbocycles. The minimum absolute atomic E-state index is 0. The third-order valence-electron chi connectivity index (χ3n) is 2.85. The Labute approximate surface area is 150 Å². The van der Waals surface area contributed by atoms with Gasteiger partial charge in [-0.2, -0.15) is 8.42 Å². The van der Waals surface area contributed by atoms with E-state index in [0.29, 0.717) is 6.54 Å². The molecule has 0 aromatic heterocycles. The molecule has 0 aliphatic heterocycles. The number of nitrogens with zero attached hydrogens (tertiary/aromatic N) is 1. The molecule has 0 spiro atoms. The second-order valence-corrected chi connectivity index (χ2v) is 5.96. The zero-order chi connectivity index (χ0) is 15.4. The minimum Gasteiger partial charge on any atom is -0.653 e. The summed E-state index contributed by atoms with van der Waals surface area (Å²) in [6.07, 6.45) is 6.50. The van der Waals surface area contributed by atoms with Crippen LogP contribution < -0.4 is 29.6 Å². The molecule has 120 valence electrons. The SMILES string of the molecule is CCCCCCCC[N-]C(=O)CCC(C)OS(=O)(=O)O.[Na+]. The first-order valence-electron chi connectivity index (χ1n) is 7.21. The zero-order valence-electron chi connectivity index (χ0n) is 13.4. The molecule has 6 nitrogen and oxygen atoms in total. The minimum atomic E-state index is -4.45. The van der Waals surface area contributed by atoms with Crippen molar-refractivity contribution in [3.8, 4) is 0 Å². The molecule has 0 saturated heterocycles. The van der Waals surface area contributed by atoms with Gasteiger partial charge in [0.1, 0.15) is 0 Å². The summed E-state index contributed by atoms with van der Waals surface area (Å²) >= 11 is 0. The van der Waals surface area contributed by atoms with Crippen molar-refractivity contribution in [1.29, 1.82) is 0 Å². The van der Waals surface area contributed by atoms with Crippen LogP contribution in [0, 0.1) is 0 Å². The van der Waals surface area contributed by atoms with Gasteiger partial charge in [-0.1, -0.05) is 45.4 Å². The van der Waals surface area contributed by atoms with E-state index in [0.717, 1.165) is 12.8 Å². The van der Waals surface area contributed by atoms with Gasteiger partial charge in [0.05, 0.1) is 12.0 Å². The summed E-state index contributed by atoms with van der Waals surface area (Å²) in [6.45, 7) is 4.17. The molecule has 1 atom stereocenters. The molecule has 0 bridgehead atoms. The van der Waals surface area contributed by atoms with E-state index in [1.807, 2.05) is 0 Å². The van der Waals surface area contributed by atoms with Crippen molar-refractivity contribution in [2.75, 3.05) is 6.54 Å². The van der Waals surface area contributed by atoms with Gasteiger partial charge in [0.15, 0.2) is 0 Å². The quantitative estimate of drug-likeness (QED) is 0.314. The van der Waals surface area contributed by atoms with Gasteiger partial charge < -0.3 is 10.1 Å². The van der Waals surface area contributed by atoms with Crippen LogP contribution in [0.25, 0.3) is 5.32 Å². The fourth-order valence-electron chi connectivity index (χ4n) is 1.76. The van der Waals surface area contributed by atoms with Crippen LogP contribution in [0.2, 0.25) is 0 Å². The molecule has 0 radical (unpaired) electrons. The van der Waals surface area contributed by atoms with Gasteiger partial charge in [0.2, 0.25) is 0 Å². The summed E-state index contributed by atoms with van der Waals surface area (Å²) in [4.78, 5) is 11.4. The number of carbonyl (C=O) groups excluding carboxylic acids is 1. The number of amides is 1. The Kier molecular flexibility index (Phi) is 15.7. The van der Waals surface area contributed by atoms with Gasteiger partial charge in [-0.05, 0) is 19.8 Å². The standard InChI is InChI=1S/C13H27NO5S.Na/c1-3-4-5-6-7-8-11-14-13(15)10-9-12(2)19-20(16,17)18;/h12H,3-11H2,1-2H3,(H2,14,15,16,17,18);/q;+1/p-1. The van der Waals surface area contributed by atoms with Crippen molar-refractivity contribution in [2.45, 2.75) is 71.3 Å². The topological polar surface area (TPSA) is 94.8 Å². The Morgan fingerprint density at radius 3 is 2.33 bits per heavy atom. The van der Waals surface area contributed by atoms with Gasteiger partial charge in [0, 0.05) is 0 Å². The van der Waals surface area contributed by atoms with Crippen molar-refractivity contribution in [2.24, 2.45) is 0 Å². The first-order valence-corrected chi connectivity index (χ1v) is 8.57. The fraction of sp³-hybridized carbons (Fsp3) is 0.923. The van der Waals surface area contributed by atoms with E-state index in [9.17, 15) is 13.2 Å². The monoisotopic (exact) mass is 331 g/mol. The van der Waals surface area contributed by atoms with Crippen molar-refractivity contribution in [3.05, 3.63) is 5.32 Å². The maximum absolute atomic E-state index is 11.4. The molecule has 0 rings (SSSR count). The first-order chi connectivity index (χ1) is 9.35. The van der Waals surface area contributed by atoms with Gasteiger partial charge >= 0.3 is 40.0 Å². The average Bonchev–Trinajstić information content (AvgIpc) is 2.33. The molecule has 21 heavy (non-hydrogen) atoms. The first kappa shape index (κ1) is 23.6. The Hall–Kier alpha value is 0.340. The summed E-state index contributed by atoms with van der Waals surface area (Å²) in [5, 5.41) is 3.90. The molecule has 0 saturated carbocycles. The third kappa shape index (κ3) is 18.3. The van der Waals surface area contributed by atoms with Gasteiger partial charge in [-0.25, -0.2) is 4.18 Å². The van der Waals surface area contributed by atoms with Gasteiger partial charge in [-0.15, -0.1) is 6.54 Å². The van der Waals surface area contributed by atoms with Crippen LogP contribution in [0.3, 0.4) is 0 Å². The molecular weight excluding hydrogens is 305 g/mol. The Morgan fingerprint density at radius 2 is 1.76 bits per heavy atom. The predicted molar refractivity (Wildman–Crippen MR) is 77.9 cm³/mol. The van der Waals surface area contributed by atoms with E-state index in [4.69, 9.17) is 4.55 Å². The van der Waals surface area contributed by atoms with Gasteiger partial charge in [-0.3, -0.25) is 4.55 Å². The Bertz CT molecular complexity index is 362. The summed E-state index contributed by atoms with van der Waals surface area (Å²) in [5.41, 5.74) is 0. The third-order valence-corrected chi connectivity index (χ3v) is 3.42. The summed E-state index contributed by atoms with van der Waals surface area (Å²) in [5.74, 6) is -0.246. The van der Waals surface area contributed by atoms with E-state index >= 15 is 0 Å². The number of hydrogen-bond donors (Lipinski definition) is 1. The van der Waals surface area contributed by atoms with Crippen LogP contribution >= 0.6 is 0 Å². The van der Waals surface area contributed by atoms with E-state index < -0.39 is 16.5 Å². The number of carbonyl (C=O) groups is 1. The number of hydrogen-bond acceptors (Lipinski definition) is 4. The van der Waals surface area contributed by atoms with Crippen LogP contribution in [0.5, 0.6) is 0 Å². The maximum Gasteiger partial charge on any atom is 1.00 e. The Balaban J connectivity index is 0. The molecule has 0 aliphatic carbocycles. The van der Waals surface area contributed by atoms with Gasteiger partial charge in [0.25, 0.3) is 0 Å². The number of unbranched alkanes of at least 4 members (excludes halogenated alkanes) is 5. The van der Waals surface area contributed by atoms with Crippen molar-refractivity contribution in [1.82, 2.24) is 0 Å². The van der Waals surface area contributed by atoms with E-state index in [-0.39, 0.29) is 48.3 Å². The zero-order valence-corrected chi connectivity index (χ0v) is 16.2. The van der Waals surface area contributed by atoms with Crippen LogP contribution in [-0.4, -0.2) is 31.5 Å². The second-order valence-electron chi connectivity index (χ2n) is 4.92. The molecule has 1 unspecified atom stereocenters. The van der Waals surface area contributed by atoms with Crippen LogP contribution in [-0.2, 0) is 19.4 Å². The predicted octanol–water partition coefficient (Wildman–Crippen LogP) is 0.239. The fourth-order valence-corrected chi connectivity index (χ4v) is 2.27. The largest absolute Gasteiger partial charge is 1.00 e. The molecule has 0 fully saturated rings. The van der Waals surface area contributed by atoms with Crippen molar-refractivity contribution in [3.63, 3.8) is 0 Å². The molecule has 8 heteroatoms. The average molecular weight is 331 g/mol. The van der Waals surface area contributed by atoms with Crippen LogP contribution in [0.15, 0.2) is 0 Å². The molecule has 0 aliphatic rings. The van der Waals surface area contributed by atoms with E-state index in [1.54, 1.807) is 0 Å². The maximum atomic E-state index is 11.4. The van der Waals surface area contributed by atoms with Crippen LogP contribution in [0.4, 0.5) is 0 Å². The summed E-state index contributed by atoms with van der Waals surface area (Å²) < 4.78 is 33.6. The smallest absolute Gasteiger partial charge is 0.653 e. The molecule has 0 aromatic rings. The summed E-state index contributed by atoms with van der Waals surface area (Å²) in [7, 11) is -4.45. The van der Waals surface area contributed by atoms with E-state index in [2.05, 4.69) is 16.4 Å². The van der Waals surface area contributed by atoms with Crippen molar-refractivity contribution < 1.29 is 51.5 Å². The number of rotatable bonds is 12. The molecule has 1 N–H and O–H groups in total. The van der Waals surface area contributed by atoms with Crippen LogP contribution in [0.1, 0.15) is 65.2 Å². The van der Waals surface area contributed by atoms with E-state index in [1.165, 1.54) is 32.6 Å². The molecular formula is C13H26NNaO5S. The normalized spacial score (nSPS) is 12.5. The van der Waals surface area contributed by atoms with Crippen molar-refractivity contribution >= 4 is 16.3 Å². The molecule has 0 heterocycles. The Morgan fingerprint density at radius 1 is 1.19 bits per heavy atom.